The first-order valence-electron chi connectivity index (χ1n) is 3.77. The van der Waals surface area contributed by atoms with Crippen LogP contribution in [0.1, 0.15) is 4.88 Å². The van der Waals surface area contributed by atoms with Gasteiger partial charge in [0, 0.05) is 19.0 Å². The Balaban J connectivity index is 2.35. The summed E-state index contributed by atoms with van der Waals surface area (Å²) in [7, 11) is 3.61. The van der Waals surface area contributed by atoms with Gasteiger partial charge in [-0.25, -0.2) is 0 Å². The average Bonchev–Trinajstić information content (AvgIpc) is 2.59. The summed E-state index contributed by atoms with van der Waals surface area (Å²) in [5.74, 6) is 0.823. The average molecular weight is 183 g/mol. The normalized spacial score (nSPS) is 11.3. The van der Waals surface area contributed by atoms with Crippen LogP contribution in [0.4, 0.5) is 0 Å². The summed E-state index contributed by atoms with van der Waals surface area (Å²) >= 11 is 1.74. The van der Waals surface area contributed by atoms with Crippen molar-refractivity contribution in [1.82, 2.24) is 10.6 Å². The molecule has 0 aliphatic heterocycles. The van der Waals surface area contributed by atoms with E-state index in [9.17, 15) is 0 Å². The van der Waals surface area contributed by atoms with E-state index in [4.69, 9.17) is 0 Å². The first-order chi connectivity index (χ1) is 5.86. The van der Waals surface area contributed by atoms with Gasteiger partial charge >= 0.3 is 0 Å². The maximum Gasteiger partial charge on any atom is 0.191 e. The van der Waals surface area contributed by atoms with Crippen molar-refractivity contribution >= 4 is 17.3 Å². The van der Waals surface area contributed by atoms with Crippen molar-refractivity contribution in [3.05, 3.63) is 22.4 Å². The molecule has 0 aromatic carbocycles. The van der Waals surface area contributed by atoms with Crippen LogP contribution in [0.25, 0.3) is 0 Å². The molecule has 2 N–H and O–H groups in total. The third-order valence-electron chi connectivity index (χ3n) is 1.47. The lowest BCUT2D eigenvalue weighted by Crippen LogP contribution is -2.33. The van der Waals surface area contributed by atoms with Gasteiger partial charge in [-0.3, -0.25) is 4.99 Å². The van der Waals surface area contributed by atoms with Crippen LogP contribution in [0.2, 0.25) is 0 Å². The van der Waals surface area contributed by atoms with Gasteiger partial charge in [0.15, 0.2) is 5.96 Å². The molecule has 0 bridgehead atoms. The molecule has 12 heavy (non-hydrogen) atoms. The number of guanidine groups is 1. The fourth-order valence-electron chi connectivity index (χ4n) is 0.863. The maximum absolute atomic E-state index is 4.01. The van der Waals surface area contributed by atoms with Crippen LogP contribution in [0.3, 0.4) is 0 Å². The Kier molecular flexibility index (Phi) is 3.60. The van der Waals surface area contributed by atoms with Crippen molar-refractivity contribution in [3.63, 3.8) is 0 Å². The molecule has 0 saturated carbocycles. The standard InChI is InChI=1S/C8H13N3S/c1-9-8(10-2)11-6-7-4-3-5-12-7/h3-5H,6H2,1-2H3,(H2,9,10,11). The van der Waals surface area contributed by atoms with E-state index in [1.54, 1.807) is 18.4 Å². The summed E-state index contributed by atoms with van der Waals surface area (Å²) < 4.78 is 0. The number of hydrogen-bond donors (Lipinski definition) is 2. The topological polar surface area (TPSA) is 36.4 Å². The van der Waals surface area contributed by atoms with Gasteiger partial charge in [-0.05, 0) is 11.4 Å². The van der Waals surface area contributed by atoms with Gasteiger partial charge in [0.25, 0.3) is 0 Å². The lowest BCUT2D eigenvalue weighted by molar-refractivity contribution is 0.879. The molecule has 4 heteroatoms. The predicted octanol–water partition coefficient (Wildman–Crippen LogP) is 1.04. The van der Waals surface area contributed by atoms with Crippen LogP contribution in [0.5, 0.6) is 0 Å². The van der Waals surface area contributed by atoms with Gasteiger partial charge in [0.2, 0.25) is 0 Å². The molecule has 0 saturated heterocycles. The Hall–Kier alpha value is -1.03. The second kappa shape index (κ2) is 4.77. The zero-order valence-corrected chi connectivity index (χ0v) is 8.11. The van der Waals surface area contributed by atoms with Crippen LogP contribution in [-0.2, 0) is 6.54 Å². The fraction of sp³-hybridized carbons (Fsp3) is 0.375. The first-order valence-corrected chi connectivity index (χ1v) is 4.65. The molecule has 1 rings (SSSR count). The molecule has 0 amide bonds. The highest BCUT2D eigenvalue weighted by Crippen LogP contribution is 2.06. The van der Waals surface area contributed by atoms with Gasteiger partial charge in [0.05, 0.1) is 6.54 Å². The molecule has 1 aromatic rings. The molecule has 0 fully saturated rings. The van der Waals surface area contributed by atoms with Gasteiger partial charge in [0.1, 0.15) is 0 Å². The monoisotopic (exact) mass is 183 g/mol. The zero-order chi connectivity index (χ0) is 8.81. The number of hydrogen-bond acceptors (Lipinski definition) is 2. The molecule has 3 nitrogen and oxygen atoms in total. The lowest BCUT2D eigenvalue weighted by atomic mass is 10.5. The van der Waals surface area contributed by atoms with E-state index in [-0.39, 0.29) is 0 Å². The molecule has 1 heterocycles. The Morgan fingerprint density at radius 1 is 1.67 bits per heavy atom. The highest BCUT2D eigenvalue weighted by molar-refractivity contribution is 7.09. The summed E-state index contributed by atoms with van der Waals surface area (Å²) in [6, 6.07) is 4.14. The number of aliphatic imine (C=N–C) groups is 1. The molecule has 0 aliphatic rings. The van der Waals surface area contributed by atoms with Crippen molar-refractivity contribution in [2.75, 3.05) is 14.1 Å². The highest BCUT2D eigenvalue weighted by atomic mass is 32.1. The van der Waals surface area contributed by atoms with E-state index in [0.29, 0.717) is 0 Å². The highest BCUT2D eigenvalue weighted by Gasteiger charge is 1.94. The number of nitrogens with one attached hydrogen (secondary N) is 2. The third kappa shape index (κ3) is 2.54. The van der Waals surface area contributed by atoms with Gasteiger partial charge < -0.3 is 10.6 Å². The minimum atomic E-state index is 0.823. The molecule has 0 atom stereocenters. The Labute approximate surface area is 76.5 Å². The molecule has 0 unspecified atom stereocenters. The van der Waals surface area contributed by atoms with Crippen LogP contribution in [0.15, 0.2) is 22.5 Å². The third-order valence-corrected chi connectivity index (χ3v) is 2.35. The van der Waals surface area contributed by atoms with Crippen LogP contribution < -0.4 is 10.6 Å². The molecule has 66 valence electrons. The van der Waals surface area contributed by atoms with Gasteiger partial charge in [-0.15, -0.1) is 11.3 Å². The van der Waals surface area contributed by atoms with Gasteiger partial charge in [-0.2, -0.15) is 0 Å². The summed E-state index contributed by atoms with van der Waals surface area (Å²) in [5, 5.41) is 8.20. The molecule has 0 spiro atoms. The molecular formula is C8H13N3S. The number of rotatable bonds is 2. The summed E-state index contributed by atoms with van der Waals surface area (Å²) in [6.45, 7) is 0.838. The Morgan fingerprint density at radius 2 is 2.50 bits per heavy atom. The molecular weight excluding hydrogens is 170 g/mol. The van der Waals surface area contributed by atoms with Crippen molar-refractivity contribution < 1.29 is 0 Å². The summed E-state index contributed by atoms with van der Waals surface area (Å²) in [4.78, 5) is 5.32. The van der Waals surface area contributed by atoms with E-state index >= 15 is 0 Å². The quantitative estimate of drug-likeness (QED) is 0.531. The van der Waals surface area contributed by atoms with E-state index in [2.05, 4.69) is 27.1 Å². The lowest BCUT2D eigenvalue weighted by Gasteiger charge is -2.05. The van der Waals surface area contributed by atoms with Gasteiger partial charge in [-0.1, -0.05) is 6.07 Å². The van der Waals surface area contributed by atoms with Crippen molar-refractivity contribution in [2.24, 2.45) is 4.99 Å². The zero-order valence-electron chi connectivity index (χ0n) is 7.29. The molecule has 1 aromatic heterocycles. The smallest absolute Gasteiger partial charge is 0.191 e. The maximum atomic E-state index is 4.01. The van der Waals surface area contributed by atoms with E-state index in [0.717, 1.165) is 12.5 Å². The first kappa shape index (κ1) is 9.06. The fourth-order valence-corrected chi connectivity index (χ4v) is 1.51. The SMILES string of the molecule is CN=C(NC)NCc1cccs1. The van der Waals surface area contributed by atoms with Crippen molar-refractivity contribution in [2.45, 2.75) is 6.54 Å². The minimum absolute atomic E-state index is 0.823. The molecule has 0 radical (unpaired) electrons. The van der Waals surface area contributed by atoms with E-state index < -0.39 is 0 Å². The Bertz CT molecular complexity index is 241. The van der Waals surface area contributed by atoms with Crippen molar-refractivity contribution in [3.8, 4) is 0 Å². The van der Waals surface area contributed by atoms with Crippen LogP contribution >= 0.6 is 11.3 Å². The number of nitrogens with zero attached hydrogens (tertiary/aromatic N) is 1. The van der Waals surface area contributed by atoms with E-state index in [1.165, 1.54) is 4.88 Å². The summed E-state index contributed by atoms with van der Waals surface area (Å²) in [5.41, 5.74) is 0. The Morgan fingerprint density at radius 3 is 3.00 bits per heavy atom. The second-order valence-corrected chi connectivity index (χ2v) is 3.29. The van der Waals surface area contributed by atoms with Crippen LogP contribution in [-0.4, -0.2) is 20.1 Å². The van der Waals surface area contributed by atoms with Crippen molar-refractivity contribution in [1.29, 1.82) is 0 Å². The van der Waals surface area contributed by atoms with E-state index in [1.807, 2.05) is 13.1 Å². The molecule has 0 aliphatic carbocycles. The van der Waals surface area contributed by atoms with Crippen LogP contribution in [0, 0.1) is 0 Å². The minimum Gasteiger partial charge on any atom is -0.359 e. The predicted molar refractivity (Wildman–Crippen MR) is 53.6 cm³/mol. The summed E-state index contributed by atoms with van der Waals surface area (Å²) in [6.07, 6.45) is 0. The number of thiophene rings is 1. The second-order valence-electron chi connectivity index (χ2n) is 2.26. The largest absolute Gasteiger partial charge is 0.359 e.